The van der Waals surface area contributed by atoms with Crippen molar-refractivity contribution in [2.75, 3.05) is 24.2 Å². The van der Waals surface area contributed by atoms with Crippen LogP contribution in [0.1, 0.15) is 19.3 Å². The standard InChI is InChI=1S/C13H17N3S/c1-16(7-9-3-2-4-9)10-5-6-11-13(12(10)14)15-8-17-11/h5-6,8-9H,2-4,7,14H2,1H3. The molecule has 0 saturated heterocycles. The number of thiazole rings is 1. The van der Waals surface area contributed by atoms with Gasteiger partial charge in [-0.3, -0.25) is 0 Å². The van der Waals surface area contributed by atoms with Crippen LogP contribution in [0.5, 0.6) is 0 Å². The summed E-state index contributed by atoms with van der Waals surface area (Å²) in [6.45, 7) is 1.11. The molecule has 0 aliphatic heterocycles. The summed E-state index contributed by atoms with van der Waals surface area (Å²) in [5.74, 6) is 0.852. The van der Waals surface area contributed by atoms with Crippen molar-refractivity contribution >= 4 is 32.9 Å². The maximum atomic E-state index is 6.20. The van der Waals surface area contributed by atoms with Gasteiger partial charge < -0.3 is 10.6 Å². The number of benzene rings is 1. The zero-order valence-corrected chi connectivity index (χ0v) is 10.8. The molecule has 1 heterocycles. The summed E-state index contributed by atoms with van der Waals surface area (Å²) < 4.78 is 1.17. The van der Waals surface area contributed by atoms with Gasteiger partial charge >= 0.3 is 0 Å². The van der Waals surface area contributed by atoms with E-state index in [1.807, 2.05) is 5.51 Å². The third-order valence-electron chi connectivity index (χ3n) is 3.69. The van der Waals surface area contributed by atoms with Crippen molar-refractivity contribution in [1.29, 1.82) is 0 Å². The van der Waals surface area contributed by atoms with Crippen LogP contribution in [0.25, 0.3) is 10.2 Å². The summed E-state index contributed by atoms with van der Waals surface area (Å²) in [5, 5.41) is 0. The van der Waals surface area contributed by atoms with E-state index in [0.29, 0.717) is 0 Å². The second kappa shape index (κ2) is 4.18. The van der Waals surface area contributed by atoms with Gasteiger partial charge in [-0.15, -0.1) is 11.3 Å². The fraction of sp³-hybridized carbons (Fsp3) is 0.462. The molecule has 1 aromatic carbocycles. The van der Waals surface area contributed by atoms with Crippen molar-refractivity contribution in [3.63, 3.8) is 0 Å². The molecule has 1 saturated carbocycles. The third kappa shape index (κ3) is 1.86. The largest absolute Gasteiger partial charge is 0.395 e. The molecule has 2 N–H and O–H groups in total. The van der Waals surface area contributed by atoms with E-state index in [9.17, 15) is 0 Å². The Bertz CT molecular complexity index is 530. The lowest BCUT2D eigenvalue weighted by atomic mass is 9.85. The quantitative estimate of drug-likeness (QED) is 0.847. The first-order valence-corrected chi connectivity index (χ1v) is 6.96. The van der Waals surface area contributed by atoms with Crippen LogP contribution in [0.2, 0.25) is 0 Å². The zero-order chi connectivity index (χ0) is 11.8. The maximum absolute atomic E-state index is 6.20. The number of hydrogen-bond donors (Lipinski definition) is 1. The van der Waals surface area contributed by atoms with E-state index >= 15 is 0 Å². The van der Waals surface area contributed by atoms with Crippen molar-refractivity contribution in [1.82, 2.24) is 4.98 Å². The smallest absolute Gasteiger partial charge is 0.106 e. The van der Waals surface area contributed by atoms with Crippen LogP contribution in [0.4, 0.5) is 11.4 Å². The molecule has 17 heavy (non-hydrogen) atoms. The molecule has 1 aliphatic rings. The SMILES string of the molecule is CN(CC1CCC1)c1ccc2scnc2c1N. The molecule has 0 unspecified atom stereocenters. The predicted octanol–water partition coefficient (Wildman–Crippen LogP) is 3.11. The molecule has 0 radical (unpaired) electrons. The second-order valence-corrected chi connectivity index (χ2v) is 5.76. The number of fused-ring (bicyclic) bond motifs is 1. The first kappa shape index (κ1) is 10.8. The molecular formula is C13H17N3S. The molecule has 3 rings (SSSR count). The van der Waals surface area contributed by atoms with Crippen LogP contribution >= 0.6 is 11.3 Å². The van der Waals surface area contributed by atoms with Crippen LogP contribution < -0.4 is 10.6 Å². The molecule has 3 nitrogen and oxygen atoms in total. The zero-order valence-electron chi connectivity index (χ0n) is 10.0. The van der Waals surface area contributed by atoms with E-state index in [4.69, 9.17) is 5.73 Å². The molecular weight excluding hydrogens is 230 g/mol. The molecule has 0 spiro atoms. The van der Waals surface area contributed by atoms with Gasteiger partial charge in [0.1, 0.15) is 5.52 Å². The van der Waals surface area contributed by atoms with Gasteiger partial charge in [-0.05, 0) is 30.9 Å². The van der Waals surface area contributed by atoms with E-state index in [-0.39, 0.29) is 0 Å². The summed E-state index contributed by atoms with van der Waals surface area (Å²) >= 11 is 1.64. The summed E-state index contributed by atoms with van der Waals surface area (Å²) in [4.78, 5) is 6.62. The van der Waals surface area contributed by atoms with Crippen molar-refractivity contribution in [2.24, 2.45) is 5.92 Å². The lowest BCUT2D eigenvalue weighted by molar-refractivity contribution is 0.321. The minimum Gasteiger partial charge on any atom is -0.395 e. The Morgan fingerprint density at radius 1 is 1.47 bits per heavy atom. The average Bonchev–Trinajstić information content (AvgIpc) is 2.72. The van der Waals surface area contributed by atoms with Crippen molar-refractivity contribution in [2.45, 2.75) is 19.3 Å². The van der Waals surface area contributed by atoms with Crippen LogP contribution in [0.3, 0.4) is 0 Å². The number of nitrogens with two attached hydrogens (primary N) is 1. The van der Waals surface area contributed by atoms with Crippen LogP contribution in [0.15, 0.2) is 17.6 Å². The van der Waals surface area contributed by atoms with Crippen LogP contribution in [-0.2, 0) is 0 Å². The molecule has 1 aliphatic carbocycles. The molecule has 0 bridgehead atoms. The Kier molecular flexibility index (Phi) is 2.67. The summed E-state index contributed by atoms with van der Waals surface area (Å²) in [6.07, 6.45) is 4.12. The number of rotatable bonds is 3. The van der Waals surface area contributed by atoms with Crippen molar-refractivity contribution < 1.29 is 0 Å². The summed E-state index contributed by atoms with van der Waals surface area (Å²) in [7, 11) is 2.13. The molecule has 0 amide bonds. The first-order valence-electron chi connectivity index (χ1n) is 6.08. The summed E-state index contributed by atoms with van der Waals surface area (Å²) in [5.41, 5.74) is 11.0. The van der Waals surface area contributed by atoms with Gasteiger partial charge in [0.2, 0.25) is 0 Å². The highest BCUT2D eigenvalue weighted by atomic mass is 32.1. The monoisotopic (exact) mass is 247 g/mol. The highest BCUT2D eigenvalue weighted by Crippen LogP contribution is 2.34. The van der Waals surface area contributed by atoms with Gasteiger partial charge in [-0.2, -0.15) is 0 Å². The second-order valence-electron chi connectivity index (χ2n) is 4.87. The maximum Gasteiger partial charge on any atom is 0.106 e. The third-order valence-corrected chi connectivity index (χ3v) is 4.48. The van der Waals surface area contributed by atoms with Crippen LogP contribution in [0, 0.1) is 5.92 Å². The van der Waals surface area contributed by atoms with Gasteiger partial charge in [0.25, 0.3) is 0 Å². The molecule has 0 atom stereocenters. The van der Waals surface area contributed by atoms with E-state index in [0.717, 1.165) is 29.4 Å². The van der Waals surface area contributed by atoms with Gasteiger partial charge in [0.15, 0.2) is 0 Å². The minimum absolute atomic E-state index is 0.825. The molecule has 1 aromatic heterocycles. The van der Waals surface area contributed by atoms with Gasteiger partial charge in [-0.25, -0.2) is 4.98 Å². The number of nitrogens with zero attached hydrogens (tertiary/aromatic N) is 2. The molecule has 90 valence electrons. The fourth-order valence-corrected chi connectivity index (χ4v) is 3.13. The van der Waals surface area contributed by atoms with Crippen molar-refractivity contribution in [3.8, 4) is 0 Å². The first-order chi connectivity index (χ1) is 8.25. The van der Waals surface area contributed by atoms with Crippen molar-refractivity contribution in [3.05, 3.63) is 17.6 Å². The van der Waals surface area contributed by atoms with Gasteiger partial charge in [0.05, 0.1) is 21.6 Å². The Balaban J connectivity index is 1.90. The lowest BCUT2D eigenvalue weighted by Gasteiger charge is -2.31. The number of aromatic nitrogens is 1. The van der Waals surface area contributed by atoms with Crippen LogP contribution in [-0.4, -0.2) is 18.6 Å². The Morgan fingerprint density at radius 2 is 2.29 bits per heavy atom. The molecule has 1 fully saturated rings. The molecule has 2 aromatic rings. The topological polar surface area (TPSA) is 42.2 Å². The number of hydrogen-bond acceptors (Lipinski definition) is 4. The van der Waals surface area contributed by atoms with E-state index in [2.05, 4.69) is 29.1 Å². The average molecular weight is 247 g/mol. The Hall–Kier alpha value is -1.29. The Labute approximate surface area is 105 Å². The van der Waals surface area contributed by atoms with E-state index in [1.54, 1.807) is 11.3 Å². The minimum atomic E-state index is 0.825. The normalized spacial score (nSPS) is 16.1. The lowest BCUT2D eigenvalue weighted by Crippen LogP contribution is -2.29. The summed E-state index contributed by atoms with van der Waals surface area (Å²) in [6, 6.07) is 4.24. The number of anilines is 2. The Morgan fingerprint density at radius 3 is 3.00 bits per heavy atom. The van der Waals surface area contributed by atoms with Gasteiger partial charge in [0, 0.05) is 13.6 Å². The van der Waals surface area contributed by atoms with E-state index in [1.165, 1.54) is 24.0 Å². The number of nitrogen functional groups attached to an aromatic ring is 1. The highest BCUT2D eigenvalue weighted by Gasteiger charge is 2.20. The van der Waals surface area contributed by atoms with E-state index < -0.39 is 0 Å². The van der Waals surface area contributed by atoms with Gasteiger partial charge in [-0.1, -0.05) is 6.42 Å². The highest BCUT2D eigenvalue weighted by molar-refractivity contribution is 7.16. The predicted molar refractivity (Wildman–Crippen MR) is 74.6 cm³/mol. The molecule has 4 heteroatoms. The fourth-order valence-electron chi connectivity index (χ4n) is 2.44.